The third kappa shape index (κ3) is 2.71. The Labute approximate surface area is 127 Å². The molecule has 102 valence electrons. The van der Waals surface area contributed by atoms with E-state index in [4.69, 9.17) is 11.6 Å². The van der Waals surface area contributed by atoms with E-state index in [1.54, 1.807) is 0 Å². The summed E-state index contributed by atoms with van der Waals surface area (Å²) < 4.78 is 2.97. The molecule has 0 saturated carbocycles. The summed E-state index contributed by atoms with van der Waals surface area (Å²) in [4.78, 5) is 0. The van der Waals surface area contributed by atoms with Crippen LogP contribution in [0.15, 0.2) is 22.7 Å². The average molecular weight is 343 g/mol. The van der Waals surface area contributed by atoms with Gasteiger partial charge >= 0.3 is 0 Å². The molecule has 2 aromatic rings. The molecule has 0 aliphatic rings. The van der Waals surface area contributed by atoms with Gasteiger partial charge in [0.2, 0.25) is 0 Å². The number of benzene rings is 1. The van der Waals surface area contributed by atoms with E-state index in [-0.39, 0.29) is 6.04 Å². The van der Waals surface area contributed by atoms with E-state index < -0.39 is 0 Å². The molecule has 0 aliphatic carbocycles. The Bertz CT molecular complexity index is 607. The van der Waals surface area contributed by atoms with Gasteiger partial charge in [0.05, 0.1) is 22.1 Å². The number of rotatable bonds is 3. The zero-order chi connectivity index (χ0) is 14.2. The Morgan fingerprint density at radius 3 is 2.58 bits per heavy atom. The van der Waals surface area contributed by atoms with E-state index in [0.29, 0.717) is 0 Å². The number of nitrogens with one attached hydrogen (secondary N) is 1. The molecule has 1 heterocycles. The third-order valence-electron chi connectivity index (χ3n) is 3.32. The van der Waals surface area contributed by atoms with Crippen LogP contribution in [0.4, 0.5) is 0 Å². The molecule has 3 nitrogen and oxygen atoms in total. The molecular formula is C14H17BrClN3. The van der Waals surface area contributed by atoms with Crippen molar-refractivity contribution in [3.63, 3.8) is 0 Å². The maximum absolute atomic E-state index is 6.24. The molecule has 19 heavy (non-hydrogen) atoms. The normalized spacial score (nSPS) is 12.7. The zero-order valence-corrected chi connectivity index (χ0v) is 13.8. The van der Waals surface area contributed by atoms with Crippen molar-refractivity contribution < 1.29 is 0 Å². The molecule has 0 saturated heterocycles. The summed E-state index contributed by atoms with van der Waals surface area (Å²) in [6, 6.07) is 6.42. The summed E-state index contributed by atoms with van der Waals surface area (Å²) in [6.07, 6.45) is 0. The number of hydrogen-bond donors (Lipinski definition) is 1. The van der Waals surface area contributed by atoms with Crippen molar-refractivity contribution in [2.75, 3.05) is 7.05 Å². The Morgan fingerprint density at radius 1 is 1.37 bits per heavy atom. The Hall–Kier alpha value is -0.840. The number of halogens is 2. The quantitative estimate of drug-likeness (QED) is 0.906. The van der Waals surface area contributed by atoms with Crippen LogP contribution < -0.4 is 5.32 Å². The Morgan fingerprint density at radius 2 is 2.05 bits per heavy atom. The second kappa shape index (κ2) is 5.65. The first-order valence-electron chi connectivity index (χ1n) is 6.14. The second-order valence-corrected chi connectivity index (χ2v) is 5.90. The summed E-state index contributed by atoms with van der Waals surface area (Å²) in [6.45, 7) is 6.03. The van der Waals surface area contributed by atoms with Crippen LogP contribution in [0.2, 0.25) is 5.02 Å². The van der Waals surface area contributed by atoms with Crippen molar-refractivity contribution in [3.8, 4) is 5.69 Å². The van der Waals surface area contributed by atoms with E-state index in [9.17, 15) is 0 Å². The van der Waals surface area contributed by atoms with E-state index in [1.807, 2.05) is 31.6 Å². The van der Waals surface area contributed by atoms with Gasteiger partial charge in [0.25, 0.3) is 0 Å². The monoisotopic (exact) mass is 341 g/mol. The van der Waals surface area contributed by atoms with Gasteiger partial charge in [-0.15, -0.1) is 0 Å². The molecule has 1 atom stereocenters. The SMILES string of the molecule is CNC(C)c1cc(Br)ccc1-n1nc(C)c(Cl)c1C. The van der Waals surface area contributed by atoms with Crippen LogP contribution in [-0.4, -0.2) is 16.8 Å². The lowest BCUT2D eigenvalue weighted by Crippen LogP contribution is -2.16. The molecule has 5 heteroatoms. The Kier molecular flexibility index (Phi) is 4.33. The molecule has 0 bridgehead atoms. The summed E-state index contributed by atoms with van der Waals surface area (Å²) in [5.41, 5.74) is 4.05. The topological polar surface area (TPSA) is 29.9 Å². The van der Waals surface area contributed by atoms with Crippen LogP contribution in [0.3, 0.4) is 0 Å². The highest BCUT2D eigenvalue weighted by Crippen LogP contribution is 2.29. The standard InChI is InChI=1S/C14H17BrClN3/c1-8(17-4)12-7-11(15)5-6-13(12)19-10(3)14(16)9(2)18-19/h5-8,17H,1-4H3. The minimum absolute atomic E-state index is 0.232. The third-order valence-corrected chi connectivity index (χ3v) is 4.36. The average Bonchev–Trinajstić information content (AvgIpc) is 2.65. The van der Waals surface area contributed by atoms with Gasteiger partial charge in [-0.1, -0.05) is 27.5 Å². The van der Waals surface area contributed by atoms with Crippen LogP contribution in [0.5, 0.6) is 0 Å². The van der Waals surface area contributed by atoms with Crippen molar-refractivity contribution in [2.24, 2.45) is 0 Å². The van der Waals surface area contributed by atoms with Crippen LogP contribution in [0.1, 0.15) is 29.9 Å². The number of aryl methyl sites for hydroxylation is 1. The second-order valence-electron chi connectivity index (χ2n) is 4.61. The van der Waals surface area contributed by atoms with E-state index >= 15 is 0 Å². The lowest BCUT2D eigenvalue weighted by Gasteiger charge is -2.17. The van der Waals surface area contributed by atoms with Gasteiger partial charge in [0.1, 0.15) is 0 Å². The van der Waals surface area contributed by atoms with E-state index in [1.165, 1.54) is 5.56 Å². The predicted molar refractivity (Wildman–Crippen MR) is 83.2 cm³/mol. The molecule has 2 rings (SSSR count). The van der Waals surface area contributed by atoms with Gasteiger partial charge in [-0.2, -0.15) is 5.10 Å². The number of nitrogens with zero attached hydrogens (tertiary/aromatic N) is 2. The van der Waals surface area contributed by atoms with Crippen molar-refractivity contribution in [1.82, 2.24) is 15.1 Å². The molecule has 0 aliphatic heterocycles. The molecule has 0 spiro atoms. The maximum Gasteiger partial charge on any atom is 0.0848 e. The van der Waals surface area contributed by atoms with Gasteiger partial charge in [-0.05, 0) is 51.6 Å². The molecule has 1 N–H and O–H groups in total. The minimum Gasteiger partial charge on any atom is -0.313 e. The smallest absolute Gasteiger partial charge is 0.0848 e. The van der Waals surface area contributed by atoms with Crippen LogP contribution >= 0.6 is 27.5 Å². The fraction of sp³-hybridized carbons (Fsp3) is 0.357. The van der Waals surface area contributed by atoms with Gasteiger partial charge in [-0.3, -0.25) is 0 Å². The zero-order valence-electron chi connectivity index (χ0n) is 11.5. The van der Waals surface area contributed by atoms with Gasteiger partial charge in [0, 0.05) is 10.5 Å². The van der Waals surface area contributed by atoms with Crippen LogP contribution in [0.25, 0.3) is 5.69 Å². The van der Waals surface area contributed by atoms with Crippen molar-refractivity contribution in [3.05, 3.63) is 44.6 Å². The number of hydrogen-bond acceptors (Lipinski definition) is 2. The predicted octanol–water partition coefficient (Wildman–Crippen LogP) is 4.19. The van der Waals surface area contributed by atoms with Crippen molar-refractivity contribution in [1.29, 1.82) is 0 Å². The van der Waals surface area contributed by atoms with E-state index in [0.717, 1.165) is 26.6 Å². The Balaban J connectivity index is 2.64. The van der Waals surface area contributed by atoms with Crippen LogP contribution in [0, 0.1) is 13.8 Å². The summed E-state index contributed by atoms with van der Waals surface area (Å²) in [5, 5.41) is 8.52. The minimum atomic E-state index is 0.232. The van der Waals surface area contributed by atoms with Crippen molar-refractivity contribution in [2.45, 2.75) is 26.8 Å². The van der Waals surface area contributed by atoms with Crippen molar-refractivity contribution >= 4 is 27.5 Å². The summed E-state index contributed by atoms with van der Waals surface area (Å²) in [5.74, 6) is 0. The molecule has 0 radical (unpaired) electrons. The van der Waals surface area contributed by atoms with Gasteiger partial charge < -0.3 is 5.32 Å². The van der Waals surface area contributed by atoms with Crippen LogP contribution in [-0.2, 0) is 0 Å². The fourth-order valence-electron chi connectivity index (χ4n) is 2.08. The first-order valence-corrected chi connectivity index (χ1v) is 7.31. The van der Waals surface area contributed by atoms with Gasteiger partial charge in [0.15, 0.2) is 0 Å². The first kappa shape index (κ1) is 14.6. The number of aromatic nitrogens is 2. The molecule has 1 unspecified atom stereocenters. The molecular weight excluding hydrogens is 326 g/mol. The fourth-order valence-corrected chi connectivity index (χ4v) is 2.58. The first-order chi connectivity index (χ1) is 8.95. The lowest BCUT2D eigenvalue weighted by atomic mass is 10.1. The largest absolute Gasteiger partial charge is 0.313 e. The molecule has 1 aromatic heterocycles. The summed E-state index contributed by atoms with van der Waals surface area (Å²) in [7, 11) is 1.95. The lowest BCUT2D eigenvalue weighted by molar-refractivity contribution is 0.642. The summed E-state index contributed by atoms with van der Waals surface area (Å²) >= 11 is 9.76. The highest BCUT2D eigenvalue weighted by atomic mass is 79.9. The van der Waals surface area contributed by atoms with Gasteiger partial charge in [-0.25, -0.2) is 4.68 Å². The highest BCUT2D eigenvalue weighted by Gasteiger charge is 2.16. The highest BCUT2D eigenvalue weighted by molar-refractivity contribution is 9.10. The molecule has 0 amide bonds. The molecule has 1 aromatic carbocycles. The maximum atomic E-state index is 6.24. The van der Waals surface area contributed by atoms with E-state index in [2.05, 4.69) is 45.4 Å². The molecule has 0 fully saturated rings.